The highest BCUT2D eigenvalue weighted by molar-refractivity contribution is 6.31. The van der Waals surface area contributed by atoms with Gasteiger partial charge in [-0.3, -0.25) is 9.69 Å². The van der Waals surface area contributed by atoms with Crippen LogP contribution in [0.15, 0.2) is 53.3 Å². The summed E-state index contributed by atoms with van der Waals surface area (Å²) in [6.07, 6.45) is 2.46. The van der Waals surface area contributed by atoms with Crippen molar-refractivity contribution in [1.29, 1.82) is 0 Å². The first-order valence-corrected chi connectivity index (χ1v) is 9.62. The summed E-state index contributed by atoms with van der Waals surface area (Å²) in [6, 6.07) is 15.6. The monoisotopic (exact) mass is 366 g/mol. The molecule has 1 saturated heterocycles. The van der Waals surface area contributed by atoms with Gasteiger partial charge in [-0.25, -0.2) is 0 Å². The van der Waals surface area contributed by atoms with Gasteiger partial charge in [-0.05, 0) is 49.1 Å². The van der Waals surface area contributed by atoms with E-state index in [2.05, 4.69) is 28.9 Å². The summed E-state index contributed by atoms with van der Waals surface area (Å²) in [5.41, 5.74) is 3.71. The van der Waals surface area contributed by atoms with Gasteiger partial charge in [-0.2, -0.15) is 0 Å². The zero-order valence-corrected chi connectivity index (χ0v) is 15.7. The molecule has 0 unspecified atom stereocenters. The number of rotatable bonds is 3. The molecule has 0 bridgehead atoms. The van der Waals surface area contributed by atoms with Crippen molar-refractivity contribution in [3.8, 4) is 11.3 Å². The summed E-state index contributed by atoms with van der Waals surface area (Å²) in [5, 5.41) is 1.25. The summed E-state index contributed by atoms with van der Waals surface area (Å²) in [5.74, 6) is 0.679. The van der Waals surface area contributed by atoms with Crippen molar-refractivity contribution in [2.45, 2.75) is 26.3 Å². The fraction of sp³-hybridized carbons (Fsp3) is 0.318. The van der Waals surface area contributed by atoms with Crippen molar-refractivity contribution in [3.05, 3.63) is 69.3 Å². The summed E-state index contributed by atoms with van der Waals surface area (Å²) in [4.78, 5) is 19.2. The van der Waals surface area contributed by atoms with Gasteiger partial charge in [0.05, 0.1) is 5.69 Å². The van der Waals surface area contributed by atoms with Crippen LogP contribution < -0.4 is 5.43 Å². The van der Waals surface area contributed by atoms with E-state index in [4.69, 9.17) is 11.6 Å². The van der Waals surface area contributed by atoms with E-state index in [9.17, 15) is 4.79 Å². The number of hydrogen-bond acceptors (Lipinski definition) is 2. The Kier molecular flexibility index (Phi) is 4.84. The van der Waals surface area contributed by atoms with Crippen molar-refractivity contribution in [3.63, 3.8) is 0 Å². The Morgan fingerprint density at radius 1 is 1.19 bits per heavy atom. The van der Waals surface area contributed by atoms with E-state index in [0.717, 1.165) is 35.4 Å². The van der Waals surface area contributed by atoms with Gasteiger partial charge in [-0.1, -0.05) is 48.9 Å². The molecule has 1 aromatic heterocycles. The van der Waals surface area contributed by atoms with Gasteiger partial charge < -0.3 is 4.98 Å². The maximum atomic E-state index is 13.3. The van der Waals surface area contributed by atoms with Crippen molar-refractivity contribution in [2.24, 2.45) is 5.92 Å². The molecule has 4 heteroatoms. The Bertz CT molecular complexity index is 981. The molecule has 26 heavy (non-hydrogen) atoms. The van der Waals surface area contributed by atoms with E-state index in [1.165, 1.54) is 12.8 Å². The summed E-state index contributed by atoms with van der Waals surface area (Å²) < 4.78 is 0. The molecule has 1 aliphatic heterocycles. The number of likely N-dealkylation sites (tertiary alicyclic amines) is 1. The van der Waals surface area contributed by atoms with Crippen molar-refractivity contribution in [1.82, 2.24) is 9.88 Å². The number of halogens is 1. The molecular weight excluding hydrogens is 344 g/mol. The minimum absolute atomic E-state index is 0.0818. The molecule has 0 radical (unpaired) electrons. The van der Waals surface area contributed by atoms with Gasteiger partial charge in [0.15, 0.2) is 5.43 Å². The molecule has 134 valence electrons. The Hall–Kier alpha value is -2.10. The third-order valence-corrected chi connectivity index (χ3v) is 5.48. The maximum Gasteiger partial charge on any atom is 0.194 e. The van der Waals surface area contributed by atoms with Crippen LogP contribution in [-0.4, -0.2) is 23.0 Å². The number of aromatic nitrogens is 1. The largest absolute Gasteiger partial charge is 0.354 e. The average molecular weight is 367 g/mol. The molecule has 2 heterocycles. The highest BCUT2D eigenvalue weighted by Gasteiger charge is 2.21. The molecule has 1 aliphatic rings. The molecule has 1 fully saturated rings. The number of nitrogens with zero attached hydrogens (tertiary/aromatic N) is 1. The third kappa shape index (κ3) is 3.42. The Balaban J connectivity index is 1.87. The normalized spacial score (nSPS) is 18.3. The number of hydrogen-bond donors (Lipinski definition) is 1. The molecule has 1 atom stereocenters. The predicted molar refractivity (Wildman–Crippen MR) is 109 cm³/mol. The van der Waals surface area contributed by atoms with Gasteiger partial charge in [0.25, 0.3) is 0 Å². The first kappa shape index (κ1) is 17.3. The van der Waals surface area contributed by atoms with Gasteiger partial charge in [-0.15, -0.1) is 0 Å². The van der Waals surface area contributed by atoms with Gasteiger partial charge in [0, 0.05) is 34.6 Å². The molecule has 4 rings (SSSR count). The van der Waals surface area contributed by atoms with E-state index >= 15 is 0 Å². The van der Waals surface area contributed by atoms with Crippen molar-refractivity contribution < 1.29 is 0 Å². The SMILES string of the molecule is C[C@H]1CCCN(Cc2c(-c3ccccc3)[nH]c3ccc(Cl)cc3c2=O)C1. The average Bonchev–Trinajstić information content (AvgIpc) is 2.65. The molecular formula is C22H23ClN2O. The second-order valence-electron chi connectivity index (χ2n) is 7.35. The lowest BCUT2D eigenvalue weighted by molar-refractivity contribution is 0.176. The molecule has 0 spiro atoms. The molecule has 1 N–H and O–H groups in total. The second kappa shape index (κ2) is 7.26. The first-order valence-electron chi connectivity index (χ1n) is 9.24. The Labute approximate surface area is 158 Å². The number of aromatic amines is 1. The van der Waals surface area contributed by atoms with Crippen LogP contribution in [0.1, 0.15) is 25.3 Å². The molecule has 3 aromatic rings. The molecule has 0 amide bonds. The summed E-state index contributed by atoms with van der Waals surface area (Å²) in [6.45, 7) is 5.05. The van der Waals surface area contributed by atoms with Crippen LogP contribution in [-0.2, 0) is 6.54 Å². The first-order chi connectivity index (χ1) is 12.6. The Morgan fingerprint density at radius 3 is 2.77 bits per heavy atom. The zero-order chi connectivity index (χ0) is 18.1. The third-order valence-electron chi connectivity index (χ3n) is 5.25. The van der Waals surface area contributed by atoms with Crippen molar-refractivity contribution in [2.75, 3.05) is 13.1 Å². The van der Waals surface area contributed by atoms with Crippen molar-refractivity contribution >= 4 is 22.5 Å². The maximum absolute atomic E-state index is 13.3. The molecule has 0 aliphatic carbocycles. The number of fused-ring (bicyclic) bond motifs is 1. The minimum atomic E-state index is 0.0818. The van der Waals surface area contributed by atoms with Crippen LogP contribution in [0.2, 0.25) is 5.02 Å². The van der Waals surface area contributed by atoms with Gasteiger partial charge in [0.1, 0.15) is 0 Å². The molecule has 2 aromatic carbocycles. The second-order valence-corrected chi connectivity index (χ2v) is 7.78. The minimum Gasteiger partial charge on any atom is -0.354 e. The fourth-order valence-corrected chi connectivity index (χ4v) is 4.13. The van der Waals surface area contributed by atoms with Gasteiger partial charge >= 0.3 is 0 Å². The van der Waals surface area contributed by atoms with Crippen LogP contribution in [0.25, 0.3) is 22.2 Å². The van der Waals surface area contributed by atoms with E-state index in [1.54, 1.807) is 6.07 Å². The van der Waals surface area contributed by atoms with Gasteiger partial charge in [0.2, 0.25) is 0 Å². The highest BCUT2D eigenvalue weighted by Crippen LogP contribution is 2.26. The van der Waals surface area contributed by atoms with Crippen LogP contribution in [0.3, 0.4) is 0 Å². The standard InChI is InChI=1S/C22H23ClN2O/c1-15-6-5-11-25(13-15)14-19-21(16-7-3-2-4-8-16)24-20-10-9-17(23)12-18(20)22(19)26/h2-4,7-10,12,15H,5-6,11,13-14H2,1H3,(H,24,26)/t15-/m0/s1. The molecule has 3 nitrogen and oxygen atoms in total. The van der Waals surface area contributed by atoms with Crippen LogP contribution in [0.5, 0.6) is 0 Å². The summed E-state index contributed by atoms with van der Waals surface area (Å²) >= 11 is 6.15. The van der Waals surface area contributed by atoms with E-state index in [0.29, 0.717) is 22.9 Å². The lowest BCUT2D eigenvalue weighted by Gasteiger charge is -2.31. The van der Waals surface area contributed by atoms with Crippen LogP contribution in [0.4, 0.5) is 0 Å². The van der Waals surface area contributed by atoms with E-state index in [-0.39, 0.29) is 5.43 Å². The van der Waals surface area contributed by atoms with E-state index in [1.807, 2.05) is 30.3 Å². The fourth-order valence-electron chi connectivity index (χ4n) is 3.96. The summed E-state index contributed by atoms with van der Waals surface area (Å²) in [7, 11) is 0. The smallest absolute Gasteiger partial charge is 0.194 e. The quantitative estimate of drug-likeness (QED) is 0.701. The van der Waals surface area contributed by atoms with E-state index < -0.39 is 0 Å². The topological polar surface area (TPSA) is 36.1 Å². The van der Waals surface area contributed by atoms with Crippen LogP contribution >= 0.6 is 11.6 Å². The number of piperidine rings is 1. The lowest BCUT2D eigenvalue weighted by Crippen LogP contribution is -2.35. The molecule has 0 saturated carbocycles. The number of H-pyrrole nitrogens is 1. The van der Waals surface area contributed by atoms with Crippen LogP contribution in [0, 0.1) is 5.92 Å². The lowest BCUT2D eigenvalue weighted by atomic mass is 9.98. The Morgan fingerprint density at radius 2 is 2.00 bits per heavy atom. The highest BCUT2D eigenvalue weighted by atomic mass is 35.5. The number of benzene rings is 2. The zero-order valence-electron chi connectivity index (χ0n) is 15.0. The number of pyridine rings is 1. The number of nitrogens with one attached hydrogen (secondary N) is 1. The predicted octanol–water partition coefficient (Wildman–Crippen LogP) is 5.08.